The maximum absolute atomic E-state index is 10.1. The Morgan fingerprint density at radius 1 is 1.48 bits per heavy atom. The highest BCUT2D eigenvalue weighted by Gasteiger charge is 2.38. The molecule has 5 N–H and O–H groups in total. The highest BCUT2D eigenvalue weighted by molar-refractivity contribution is 6.32. The quantitative estimate of drug-likeness (QED) is 0.562. The van der Waals surface area contributed by atoms with Crippen LogP contribution >= 0.6 is 11.6 Å². The van der Waals surface area contributed by atoms with Crippen LogP contribution in [0.1, 0.15) is 27.2 Å². The van der Waals surface area contributed by atoms with Crippen molar-refractivity contribution >= 4 is 23.4 Å². The summed E-state index contributed by atoms with van der Waals surface area (Å²) in [6.07, 6.45) is 3.84. The lowest BCUT2D eigenvalue weighted by molar-refractivity contribution is 0.0482. The van der Waals surface area contributed by atoms with E-state index in [1.807, 2.05) is 6.92 Å². The summed E-state index contributed by atoms with van der Waals surface area (Å²) in [6.45, 7) is 5.53. The van der Waals surface area contributed by atoms with Gasteiger partial charge in [0.05, 0.1) is 23.0 Å². The Kier molecular flexibility index (Phi) is 4.27. The minimum absolute atomic E-state index is 0.433. The van der Waals surface area contributed by atoms with E-state index in [0.29, 0.717) is 23.2 Å². The first kappa shape index (κ1) is 15.8. The highest BCUT2D eigenvalue weighted by atomic mass is 35.5. The molecule has 116 valence electrons. The lowest BCUT2D eigenvalue weighted by Gasteiger charge is -2.33. The molecule has 1 aliphatic heterocycles. The van der Waals surface area contributed by atoms with Crippen LogP contribution in [0.3, 0.4) is 0 Å². The molecule has 2 rings (SSSR count). The Bertz CT molecular complexity index is 556. The number of aliphatic hydroxyl groups is 1. The summed E-state index contributed by atoms with van der Waals surface area (Å²) in [5, 5.41) is 16.6. The molecule has 2 heterocycles. The molecule has 1 aromatic rings. The second-order valence-corrected chi connectivity index (χ2v) is 6.32. The number of aromatic nitrogens is 2. The molecule has 0 aliphatic carbocycles. The van der Waals surface area contributed by atoms with Crippen LogP contribution in [0.5, 0.6) is 0 Å². The van der Waals surface area contributed by atoms with Crippen LogP contribution in [-0.4, -0.2) is 33.3 Å². The number of rotatable bonds is 5. The Morgan fingerprint density at radius 3 is 2.81 bits per heavy atom. The lowest BCUT2D eigenvalue weighted by Crippen LogP contribution is -2.49. The standard InChI is InChI=1S/C13H21ClN6O/c1-12(2,21)7-13(3)9(6-17-20-13)18-11-16-5-8(14)10(15-4)19-11/h5-6,17,20-21H,7H2,1-4H3,(H2,15,16,18,19). The SMILES string of the molecule is CNc1nc(NC2=CNNC2(C)CC(C)(C)O)ncc1Cl. The second-order valence-electron chi connectivity index (χ2n) is 5.91. The summed E-state index contributed by atoms with van der Waals surface area (Å²) >= 11 is 5.97. The minimum Gasteiger partial charge on any atom is -0.390 e. The van der Waals surface area contributed by atoms with Gasteiger partial charge in [0.15, 0.2) is 0 Å². The first-order valence-corrected chi connectivity index (χ1v) is 7.04. The average molecular weight is 313 g/mol. The van der Waals surface area contributed by atoms with Crippen molar-refractivity contribution in [2.45, 2.75) is 38.3 Å². The summed E-state index contributed by atoms with van der Waals surface area (Å²) in [4.78, 5) is 8.45. The Balaban J connectivity index is 2.18. The fourth-order valence-corrected chi connectivity index (χ4v) is 2.58. The minimum atomic E-state index is -0.814. The summed E-state index contributed by atoms with van der Waals surface area (Å²) in [5.41, 5.74) is 5.67. The number of nitrogens with zero attached hydrogens (tertiary/aromatic N) is 2. The number of hydrogen-bond acceptors (Lipinski definition) is 7. The van der Waals surface area contributed by atoms with Crippen LogP contribution < -0.4 is 21.5 Å². The van der Waals surface area contributed by atoms with E-state index < -0.39 is 11.1 Å². The summed E-state index contributed by atoms with van der Waals surface area (Å²) in [6, 6.07) is 0. The molecule has 0 saturated carbocycles. The van der Waals surface area contributed by atoms with Crippen molar-refractivity contribution < 1.29 is 5.11 Å². The first-order chi connectivity index (χ1) is 9.73. The van der Waals surface area contributed by atoms with Gasteiger partial charge in [-0.1, -0.05) is 11.6 Å². The summed E-state index contributed by atoms with van der Waals surface area (Å²) in [7, 11) is 1.74. The maximum atomic E-state index is 10.1. The molecule has 7 nitrogen and oxygen atoms in total. The number of nitrogens with one attached hydrogen (secondary N) is 4. The molecular weight excluding hydrogens is 292 g/mol. The average Bonchev–Trinajstić information content (AvgIpc) is 2.70. The number of anilines is 2. The zero-order valence-corrected chi connectivity index (χ0v) is 13.3. The van der Waals surface area contributed by atoms with E-state index in [1.54, 1.807) is 27.1 Å². The van der Waals surface area contributed by atoms with Crippen molar-refractivity contribution in [1.82, 2.24) is 20.8 Å². The third-order valence-corrected chi connectivity index (χ3v) is 3.45. The van der Waals surface area contributed by atoms with Gasteiger partial charge in [0, 0.05) is 19.7 Å². The largest absolute Gasteiger partial charge is 0.390 e. The molecule has 0 saturated heterocycles. The van der Waals surface area contributed by atoms with E-state index in [2.05, 4.69) is 31.5 Å². The normalized spacial score (nSPS) is 21.7. The molecule has 0 aromatic carbocycles. The van der Waals surface area contributed by atoms with Crippen molar-refractivity contribution in [3.63, 3.8) is 0 Å². The van der Waals surface area contributed by atoms with E-state index in [0.717, 1.165) is 5.70 Å². The smallest absolute Gasteiger partial charge is 0.229 e. The van der Waals surface area contributed by atoms with Gasteiger partial charge in [-0.2, -0.15) is 4.98 Å². The fourth-order valence-electron chi connectivity index (χ4n) is 2.40. The van der Waals surface area contributed by atoms with Crippen LogP contribution in [0.15, 0.2) is 18.1 Å². The third-order valence-electron chi connectivity index (χ3n) is 3.17. The monoisotopic (exact) mass is 312 g/mol. The van der Waals surface area contributed by atoms with Gasteiger partial charge in [-0.05, 0) is 20.8 Å². The second kappa shape index (κ2) is 5.67. The van der Waals surface area contributed by atoms with Crippen LogP contribution in [0, 0.1) is 0 Å². The Labute approximate surface area is 129 Å². The molecule has 0 fully saturated rings. The van der Waals surface area contributed by atoms with Crippen molar-refractivity contribution in [2.24, 2.45) is 0 Å². The molecule has 8 heteroatoms. The van der Waals surface area contributed by atoms with Crippen LogP contribution in [0.2, 0.25) is 5.02 Å². The van der Waals surface area contributed by atoms with Gasteiger partial charge >= 0.3 is 0 Å². The van der Waals surface area contributed by atoms with Crippen LogP contribution in [0.4, 0.5) is 11.8 Å². The highest BCUT2D eigenvalue weighted by Crippen LogP contribution is 2.29. The van der Waals surface area contributed by atoms with E-state index in [9.17, 15) is 5.11 Å². The molecule has 1 aliphatic rings. The number of hydrazine groups is 1. The molecule has 21 heavy (non-hydrogen) atoms. The maximum Gasteiger partial charge on any atom is 0.229 e. The zero-order valence-electron chi connectivity index (χ0n) is 12.6. The van der Waals surface area contributed by atoms with E-state index in [-0.39, 0.29) is 0 Å². The lowest BCUT2D eigenvalue weighted by atomic mass is 9.86. The van der Waals surface area contributed by atoms with Gasteiger partial charge in [0.25, 0.3) is 0 Å². The molecule has 1 atom stereocenters. The van der Waals surface area contributed by atoms with Crippen molar-refractivity contribution in [1.29, 1.82) is 0 Å². The molecule has 0 radical (unpaired) electrons. The molecule has 0 spiro atoms. The number of hydrogen-bond donors (Lipinski definition) is 5. The predicted octanol–water partition coefficient (Wildman–Crippen LogP) is 1.45. The van der Waals surface area contributed by atoms with Gasteiger partial charge < -0.3 is 21.2 Å². The molecule has 0 bridgehead atoms. The van der Waals surface area contributed by atoms with Gasteiger partial charge in [-0.15, -0.1) is 0 Å². The topological polar surface area (TPSA) is 94.1 Å². The zero-order chi connectivity index (χ0) is 15.7. The van der Waals surface area contributed by atoms with Crippen molar-refractivity contribution in [2.75, 3.05) is 17.7 Å². The summed E-state index contributed by atoms with van der Waals surface area (Å²) in [5.74, 6) is 0.986. The fraction of sp³-hybridized carbons (Fsp3) is 0.538. The van der Waals surface area contributed by atoms with E-state index >= 15 is 0 Å². The van der Waals surface area contributed by atoms with Gasteiger partial charge in [0.1, 0.15) is 10.8 Å². The molecule has 1 aromatic heterocycles. The van der Waals surface area contributed by atoms with Crippen molar-refractivity contribution in [3.8, 4) is 0 Å². The molecule has 1 unspecified atom stereocenters. The molecule has 0 amide bonds. The first-order valence-electron chi connectivity index (χ1n) is 6.66. The summed E-state index contributed by atoms with van der Waals surface area (Å²) < 4.78 is 0. The third kappa shape index (κ3) is 3.75. The Morgan fingerprint density at radius 2 is 2.19 bits per heavy atom. The van der Waals surface area contributed by atoms with Gasteiger partial charge in [-0.3, -0.25) is 0 Å². The van der Waals surface area contributed by atoms with Gasteiger partial charge in [0.2, 0.25) is 5.95 Å². The van der Waals surface area contributed by atoms with Crippen LogP contribution in [-0.2, 0) is 0 Å². The van der Waals surface area contributed by atoms with Gasteiger partial charge in [-0.25, -0.2) is 10.4 Å². The predicted molar refractivity (Wildman–Crippen MR) is 83.9 cm³/mol. The van der Waals surface area contributed by atoms with E-state index in [1.165, 1.54) is 6.20 Å². The molecular formula is C13H21ClN6O. The Hall–Kier alpha value is -1.57. The van der Waals surface area contributed by atoms with Crippen LogP contribution in [0.25, 0.3) is 0 Å². The van der Waals surface area contributed by atoms with E-state index in [4.69, 9.17) is 11.6 Å². The van der Waals surface area contributed by atoms with Crippen molar-refractivity contribution in [3.05, 3.63) is 23.1 Å². The number of halogens is 1.